The Hall–Kier alpha value is -1.44. The average molecular weight is 547 g/mol. The van der Waals surface area contributed by atoms with Gasteiger partial charge in [-0.25, -0.2) is 0 Å². The number of hydrogen-bond acceptors (Lipinski definition) is 0. The molecule has 0 aromatic heterocycles. The molecule has 0 amide bonds. The first-order chi connectivity index (χ1) is 14.0. The SMILES string of the molecule is Clc1ccc(Br)c(CP(Br)(c2ccccc2)(c2ccccc2)c2ccccc2)c1. The van der Waals surface area contributed by atoms with Crippen LogP contribution in [-0.2, 0) is 6.16 Å². The molecule has 0 nitrogen and oxygen atoms in total. The predicted octanol–water partition coefficient (Wildman–Crippen LogP) is 7.44. The van der Waals surface area contributed by atoms with E-state index in [1.807, 2.05) is 12.1 Å². The molecule has 0 radical (unpaired) electrons. The van der Waals surface area contributed by atoms with Gasteiger partial charge in [0.05, 0.1) is 0 Å². The minimum atomic E-state index is -3.01. The maximum atomic E-state index is 6.41. The molecule has 0 N–H and O–H groups in total. The van der Waals surface area contributed by atoms with Crippen molar-refractivity contribution in [3.63, 3.8) is 0 Å². The molecule has 0 fully saturated rings. The van der Waals surface area contributed by atoms with E-state index in [0.29, 0.717) is 0 Å². The number of halogens is 3. The van der Waals surface area contributed by atoms with Crippen molar-refractivity contribution in [3.8, 4) is 0 Å². The van der Waals surface area contributed by atoms with Gasteiger partial charge in [0.2, 0.25) is 0 Å². The fourth-order valence-electron chi connectivity index (χ4n) is 3.92. The van der Waals surface area contributed by atoms with Crippen LogP contribution in [0.3, 0.4) is 0 Å². The maximum absolute atomic E-state index is 6.41. The molecule has 0 aliphatic heterocycles. The molecule has 0 spiro atoms. The van der Waals surface area contributed by atoms with Gasteiger partial charge in [0, 0.05) is 0 Å². The van der Waals surface area contributed by atoms with Crippen LogP contribution in [0.5, 0.6) is 0 Å². The predicted molar refractivity (Wildman–Crippen MR) is 137 cm³/mol. The van der Waals surface area contributed by atoms with E-state index in [1.54, 1.807) is 0 Å². The molecule has 0 saturated heterocycles. The summed E-state index contributed by atoms with van der Waals surface area (Å²) in [6.07, 6.45) is 0.810. The van der Waals surface area contributed by atoms with Crippen LogP contribution in [0.4, 0.5) is 0 Å². The standard InChI is InChI=1S/C25H20Br2ClP/c26-25-17-16-21(28)18-20(25)19-29(27,22-10-4-1-5-11-22,23-12-6-2-7-13-23)24-14-8-3-9-15-24/h1-18H,19H2. The summed E-state index contributed by atoms with van der Waals surface area (Å²) in [5.41, 5.74) is 1.18. The van der Waals surface area contributed by atoms with Crippen LogP contribution in [0, 0.1) is 0 Å². The van der Waals surface area contributed by atoms with Crippen LogP contribution in [0.2, 0.25) is 5.02 Å². The summed E-state index contributed by atoms with van der Waals surface area (Å²) in [5, 5.41) is 1.62. The summed E-state index contributed by atoms with van der Waals surface area (Å²) in [5.74, 6) is 0. The summed E-state index contributed by atoms with van der Waals surface area (Å²) in [7, 11) is 0. The molecule has 0 unspecified atom stereocenters. The van der Waals surface area contributed by atoms with Crippen LogP contribution in [0.25, 0.3) is 0 Å². The molecule has 0 saturated carbocycles. The Morgan fingerprint density at radius 2 is 1.03 bits per heavy atom. The van der Waals surface area contributed by atoms with Crippen LogP contribution < -0.4 is 15.9 Å². The molecule has 4 aromatic carbocycles. The molecule has 0 aliphatic carbocycles. The summed E-state index contributed by atoms with van der Waals surface area (Å²) in [6, 6.07) is 38.4. The van der Waals surface area contributed by atoms with Crippen molar-refractivity contribution in [2.45, 2.75) is 6.16 Å². The zero-order chi connectivity index (χ0) is 20.3. The van der Waals surface area contributed by atoms with E-state index in [2.05, 4.69) is 128 Å². The van der Waals surface area contributed by atoms with Gasteiger partial charge in [-0.2, -0.15) is 0 Å². The zero-order valence-electron chi connectivity index (χ0n) is 15.7. The Morgan fingerprint density at radius 1 is 0.621 bits per heavy atom. The monoisotopic (exact) mass is 544 g/mol. The third-order valence-electron chi connectivity index (χ3n) is 5.36. The number of benzene rings is 4. The quantitative estimate of drug-likeness (QED) is 0.228. The first-order valence-electron chi connectivity index (χ1n) is 9.36. The first-order valence-corrected chi connectivity index (χ1v) is 15.0. The Labute approximate surface area is 193 Å². The van der Waals surface area contributed by atoms with Gasteiger partial charge in [-0.05, 0) is 0 Å². The van der Waals surface area contributed by atoms with Crippen LogP contribution >= 0.6 is 48.3 Å². The third kappa shape index (κ3) is 3.73. The molecule has 29 heavy (non-hydrogen) atoms. The average Bonchev–Trinajstić information content (AvgIpc) is 2.78. The molecule has 0 atom stereocenters. The normalized spacial score (nSPS) is 12.9. The number of rotatable bonds is 5. The van der Waals surface area contributed by atoms with Crippen molar-refractivity contribution in [1.82, 2.24) is 0 Å². The second-order valence-corrected chi connectivity index (χ2v) is 17.3. The van der Waals surface area contributed by atoms with Gasteiger partial charge in [-0.3, -0.25) is 0 Å². The van der Waals surface area contributed by atoms with E-state index in [-0.39, 0.29) is 0 Å². The summed E-state index contributed by atoms with van der Waals surface area (Å²) >= 11 is 14.7. The molecule has 146 valence electrons. The van der Waals surface area contributed by atoms with Crippen LogP contribution in [0.1, 0.15) is 5.56 Å². The van der Waals surface area contributed by atoms with E-state index in [4.69, 9.17) is 11.6 Å². The fraction of sp³-hybridized carbons (Fsp3) is 0.0400. The second kappa shape index (κ2) is 8.36. The summed E-state index contributed by atoms with van der Waals surface area (Å²) in [4.78, 5) is 0. The topological polar surface area (TPSA) is 0 Å². The van der Waals surface area contributed by atoms with Gasteiger partial charge < -0.3 is 0 Å². The Balaban J connectivity index is 2.11. The molecule has 0 bridgehead atoms. The Bertz CT molecular complexity index is 1020. The van der Waals surface area contributed by atoms with Gasteiger partial charge in [0.15, 0.2) is 0 Å². The van der Waals surface area contributed by atoms with Crippen molar-refractivity contribution in [2.75, 3.05) is 0 Å². The first kappa shape index (κ1) is 20.8. The second-order valence-electron chi connectivity index (χ2n) is 7.08. The molecule has 4 rings (SSSR count). The van der Waals surface area contributed by atoms with Gasteiger partial charge in [-0.15, -0.1) is 0 Å². The van der Waals surface area contributed by atoms with E-state index >= 15 is 0 Å². The Kier molecular flexibility index (Phi) is 6.00. The van der Waals surface area contributed by atoms with Gasteiger partial charge in [0.1, 0.15) is 0 Å². The van der Waals surface area contributed by atoms with E-state index < -0.39 is 5.31 Å². The van der Waals surface area contributed by atoms with E-state index in [9.17, 15) is 0 Å². The molecule has 4 heteroatoms. The van der Waals surface area contributed by atoms with E-state index in [0.717, 1.165) is 15.7 Å². The molecular weight excluding hydrogens is 527 g/mol. The van der Waals surface area contributed by atoms with Crippen molar-refractivity contribution in [1.29, 1.82) is 0 Å². The van der Waals surface area contributed by atoms with Gasteiger partial charge in [0.25, 0.3) is 0 Å². The van der Waals surface area contributed by atoms with Crippen molar-refractivity contribution >= 4 is 64.2 Å². The Morgan fingerprint density at radius 3 is 1.45 bits per heavy atom. The minimum absolute atomic E-state index is 0.745. The zero-order valence-corrected chi connectivity index (χ0v) is 20.5. The summed E-state index contributed by atoms with van der Waals surface area (Å²) in [6.45, 7) is 0. The van der Waals surface area contributed by atoms with Crippen LogP contribution in [0.15, 0.2) is 114 Å². The van der Waals surface area contributed by atoms with Gasteiger partial charge in [-0.1, -0.05) is 0 Å². The van der Waals surface area contributed by atoms with Crippen molar-refractivity contribution in [3.05, 3.63) is 124 Å². The third-order valence-corrected chi connectivity index (χ3v) is 15.9. The van der Waals surface area contributed by atoms with E-state index in [1.165, 1.54) is 21.5 Å². The van der Waals surface area contributed by atoms with Gasteiger partial charge >= 0.3 is 195 Å². The summed E-state index contributed by atoms with van der Waals surface area (Å²) < 4.78 is 1.07. The molecule has 4 aromatic rings. The molecule has 0 aliphatic rings. The molecular formula is C25H20Br2ClP. The number of hydrogen-bond donors (Lipinski definition) is 0. The van der Waals surface area contributed by atoms with Crippen LogP contribution in [-0.4, -0.2) is 0 Å². The molecule has 0 heterocycles. The van der Waals surface area contributed by atoms with Crippen molar-refractivity contribution < 1.29 is 0 Å². The fourth-order valence-corrected chi connectivity index (χ4v) is 12.4. The van der Waals surface area contributed by atoms with Crippen molar-refractivity contribution in [2.24, 2.45) is 0 Å².